The van der Waals surface area contributed by atoms with E-state index in [1.54, 1.807) is 25.3 Å². The van der Waals surface area contributed by atoms with Crippen molar-refractivity contribution in [1.29, 1.82) is 0 Å². The summed E-state index contributed by atoms with van der Waals surface area (Å²) in [5.41, 5.74) is 0.483. The topological polar surface area (TPSA) is 49.9 Å². The van der Waals surface area contributed by atoms with Crippen molar-refractivity contribution in [2.45, 2.75) is 39.0 Å². The summed E-state index contributed by atoms with van der Waals surface area (Å²) in [6.07, 6.45) is 4.94. The largest absolute Gasteiger partial charge is 0.496 e. The number of carbonyl (C=O) groups excluding carboxylic acids is 2. The van der Waals surface area contributed by atoms with E-state index in [9.17, 15) is 9.59 Å². The monoisotopic (exact) mass is 392 g/mol. The number of ether oxygens (including phenoxy) is 1. The van der Waals surface area contributed by atoms with Gasteiger partial charge in [0.1, 0.15) is 5.75 Å². The van der Waals surface area contributed by atoms with E-state index in [0.29, 0.717) is 35.3 Å². The van der Waals surface area contributed by atoms with Crippen molar-refractivity contribution in [2.75, 3.05) is 33.3 Å². The first-order chi connectivity index (χ1) is 13.0. The van der Waals surface area contributed by atoms with Gasteiger partial charge in [0.15, 0.2) is 0 Å². The van der Waals surface area contributed by atoms with Gasteiger partial charge in [0.25, 0.3) is 5.91 Å². The van der Waals surface area contributed by atoms with Crippen LogP contribution in [-0.2, 0) is 4.79 Å². The number of methoxy groups -OCH3 is 1. The Morgan fingerprint density at radius 2 is 1.93 bits per heavy atom. The van der Waals surface area contributed by atoms with Crippen LogP contribution < -0.4 is 4.74 Å². The average Bonchev–Trinajstić information content (AvgIpc) is 3.51. The normalized spacial score (nSPS) is 17.7. The van der Waals surface area contributed by atoms with Gasteiger partial charge in [-0.05, 0) is 56.2 Å². The molecule has 2 fully saturated rings. The molecule has 1 aromatic carbocycles. The molecular formula is C21H29ClN2O3. The van der Waals surface area contributed by atoms with Crippen molar-refractivity contribution in [1.82, 2.24) is 9.80 Å². The lowest BCUT2D eigenvalue weighted by Gasteiger charge is -2.34. The van der Waals surface area contributed by atoms with Gasteiger partial charge in [-0.25, -0.2) is 0 Å². The van der Waals surface area contributed by atoms with Crippen molar-refractivity contribution < 1.29 is 14.3 Å². The number of carbonyl (C=O) groups is 2. The van der Waals surface area contributed by atoms with Gasteiger partial charge in [-0.2, -0.15) is 0 Å². The molecule has 0 aromatic heterocycles. The molecule has 0 unspecified atom stereocenters. The maximum atomic E-state index is 12.9. The maximum absolute atomic E-state index is 12.9. The van der Waals surface area contributed by atoms with Crippen LogP contribution in [-0.4, -0.2) is 54.9 Å². The number of halogens is 1. The van der Waals surface area contributed by atoms with Crippen molar-refractivity contribution in [3.8, 4) is 5.75 Å². The molecule has 1 aliphatic carbocycles. The van der Waals surface area contributed by atoms with E-state index in [0.717, 1.165) is 32.4 Å². The lowest BCUT2D eigenvalue weighted by molar-refractivity contribution is -0.137. The van der Waals surface area contributed by atoms with E-state index in [-0.39, 0.29) is 17.7 Å². The van der Waals surface area contributed by atoms with Gasteiger partial charge in [0.2, 0.25) is 5.91 Å². The Morgan fingerprint density at radius 3 is 2.52 bits per heavy atom. The van der Waals surface area contributed by atoms with Gasteiger partial charge in [-0.1, -0.05) is 18.5 Å². The molecule has 0 radical (unpaired) electrons. The molecule has 5 nitrogen and oxygen atoms in total. The SMILES string of the molecule is CCCN(CC1CC1)C(=O)C1CCN(C(=O)c2cc(Cl)ccc2OC)CC1. The first-order valence-corrected chi connectivity index (χ1v) is 10.3. The summed E-state index contributed by atoms with van der Waals surface area (Å²) < 4.78 is 5.31. The summed E-state index contributed by atoms with van der Waals surface area (Å²) in [6, 6.07) is 5.08. The van der Waals surface area contributed by atoms with Crippen LogP contribution in [0.15, 0.2) is 18.2 Å². The van der Waals surface area contributed by atoms with Gasteiger partial charge in [-0.3, -0.25) is 9.59 Å². The summed E-state index contributed by atoms with van der Waals surface area (Å²) in [7, 11) is 1.55. The first kappa shape index (κ1) is 20.0. The molecule has 1 saturated heterocycles. The van der Waals surface area contributed by atoms with Crippen molar-refractivity contribution >= 4 is 23.4 Å². The van der Waals surface area contributed by atoms with Crippen LogP contribution in [0.25, 0.3) is 0 Å². The van der Waals surface area contributed by atoms with E-state index in [1.807, 2.05) is 4.90 Å². The van der Waals surface area contributed by atoms with Crippen LogP contribution in [0, 0.1) is 11.8 Å². The van der Waals surface area contributed by atoms with Crippen LogP contribution in [0.2, 0.25) is 5.02 Å². The highest BCUT2D eigenvalue weighted by atomic mass is 35.5. The minimum absolute atomic E-state index is 0.0283. The van der Waals surface area contributed by atoms with Crippen molar-refractivity contribution in [3.05, 3.63) is 28.8 Å². The van der Waals surface area contributed by atoms with E-state index < -0.39 is 0 Å². The van der Waals surface area contributed by atoms with Crippen molar-refractivity contribution in [2.24, 2.45) is 11.8 Å². The van der Waals surface area contributed by atoms with Gasteiger partial charge < -0.3 is 14.5 Å². The molecule has 27 heavy (non-hydrogen) atoms. The zero-order chi connectivity index (χ0) is 19.4. The number of hydrogen-bond acceptors (Lipinski definition) is 3. The predicted octanol–water partition coefficient (Wildman–Crippen LogP) is 3.85. The summed E-state index contributed by atoms with van der Waals surface area (Å²) in [5.74, 6) is 1.46. The lowest BCUT2D eigenvalue weighted by atomic mass is 9.94. The molecule has 0 spiro atoms. The second kappa shape index (κ2) is 8.96. The summed E-state index contributed by atoms with van der Waals surface area (Å²) >= 11 is 6.06. The number of hydrogen-bond donors (Lipinski definition) is 0. The van der Waals surface area contributed by atoms with Crippen molar-refractivity contribution in [3.63, 3.8) is 0 Å². The van der Waals surface area contributed by atoms with Crippen LogP contribution >= 0.6 is 11.6 Å². The average molecular weight is 393 g/mol. The number of nitrogens with zero attached hydrogens (tertiary/aromatic N) is 2. The van der Waals surface area contributed by atoms with E-state index in [1.165, 1.54) is 12.8 Å². The van der Waals surface area contributed by atoms with Crippen LogP contribution in [0.3, 0.4) is 0 Å². The number of benzene rings is 1. The van der Waals surface area contributed by atoms with Gasteiger partial charge in [0.05, 0.1) is 12.7 Å². The molecule has 1 saturated carbocycles. The Balaban J connectivity index is 1.60. The molecule has 6 heteroatoms. The predicted molar refractivity (Wildman–Crippen MR) is 106 cm³/mol. The molecular weight excluding hydrogens is 364 g/mol. The number of rotatable bonds is 7. The Labute approximate surface area is 166 Å². The molecule has 1 heterocycles. The van der Waals surface area contributed by atoms with Gasteiger partial charge >= 0.3 is 0 Å². The summed E-state index contributed by atoms with van der Waals surface area (Å²) in [5, 5.41) is 0.513. The Bertz CT molecular complexity index is 682. The summed E-state index contributed by atoms with van der Waals surface area (Å²) in [4.78, 5) is 29.7. The zero-order valence-corrected chi connectivity index (χ0v) is 17.0. The van der Waals surface area contributed by atoms with Gasteiger partial charge in [0, 0.05) is 37.1 Å². The second-order valence-electron chi connectivity index (χ2n) is 7.64. The number of likely N-dealkylation sites (tertiary alicyclic amines) is 1. The van der Waals surface area contributed by atoms with Gasteiger partial charge in [-0.15, -0.1) is 0 Å². The van der Waals surface area contributed by atoms with E-state index in [2.05, 4.69) is 11.8 Å². The molecule has 1 aromatic rings. The highest BCUT2D eigenvalue weighted by Gasteiger charge is 2.33. The Morgan fingerprint density at radius 1 is 1.22 bits per heavy atom. The molecule has 2 aliphatic rings. The third-order valence-electron chi connectivity index (χ3n) is 5.50. The van der Waals surface area contributed by atoms with Crippen LogP contribution in [0.5, 0.6) is 5.75 Å². The molecule has 0 N–H and O–H groups in total. The Hall–Kier alpha value is -1.75. The van der Waals surface area contributed by atoms with Crippen LogP contribution in [0.4, 0.5) is 0 Å². The molecule has 148 valence electrons. The number of piperidine rings is 1. The second-order valence-corrected chi connectivity index (χ2v) is 8.08. The zero-order valence-electron chi connectivity index (χ0n) is 16.2. The highest BCUT2D eigenvalue weighted by Crippen LogP contribution is 2.31. The third-order valence-corrected chi connectivity index (χ3v) is 5.74. The molecule has 2 amide bonds. The highest BCUT2D eigenvalue weighted by molar-refractivity contribution is 6.31. The minimum atomic E-state index is -0.0800. The maximum Gasteiger partial charge on any atom is 0.257 e. The molecule has 0 bridgehead atoms. The smallest absolute Gasteiger partial charge is 0.257 e. The van der Waals surface area contributed by atoms with E-state index in [4.69, 9.17) is 16.3 Å². The number of amides is 2. The quantitative estimate of drug-likeness (QED) is 0.708. The third kappa shape index (κ3) is 4.95. The fourth-order valence-electron chi connectivity index (χ4n) is 3.78. The first-order valence-electron chi connectivity index (χ1n) is 9.95. The molecule has 1 aliphatic heterocycles. The fourth-order valence-corrected chi connectivity index (χ4v) is 3.95. The standard InChI is InChI=1S/C21H29ClN2O3/c1-3-10-24(14-15-4-5-15)20(25)16-8-11-23(12-9-16)21(26)18-13-17(22)6-7-19(18)27-2/h6-7,13,15-16H,3-5,8-12,14H2,1-2H3. The van der Waals surface area contributed by atoms with E-state index >= 15 is 0 Å². The molecule has 3 rings (SSSR count). The lowest BCUT2D eigenvalue weighted by Crippen LogP contribution is -2.45. The Kier molecular flexibility index (Phi) is 6.64. The van der Waals surface area contributed by atoms with Crippen LogP contribution in [0.1, 0.15) is 49.4 Å². The fraction of sp³-hybridized carbons (Fsp3) is 0.619. The summed E-state index contributed by atoms with van der Waals surface area (Å²) in [6.45, 7) is 5.05. The minimum Gasteiger partial charge on any atom is -0.496 e. The molecule has 0 atom stereocenters.